The topological polar surface area (TPSA) is 80.5 Å². The van der Waals surface area contributed by atoms with Crippen LogP contribution in [0.3, 0.4) is 0 Å². The van der Waals surface area contributed by atoms with Crippen LogP contribution in [0.1, 0.15) is 42.3 Å². The van der Waals surface area contributed by atoms with E-state index in [4.69, 9.17) is 9.15 Å². The Hall–Kier alpha value is -3.16. The van der Waals surface area contributed by atoms with E-state index >= 15 is 0 Å². The fourth-order valence-electron chi connectivity index (χ4n) is 3.89. The van der Waals surface area contributed by atoms with Crippen LogP contribution in [0.5, 0.6) is 5.75 Å². The number of aryl methyl sites for hydroxylation is 1. The average Bonchev–Trinajstić information content (AvgIpc) is 3.11. The highest BCUT2D eigenvalue weighted by Gasteiger charge is 2.39. The Kier molecular flexibility index (Phi) is 4.38. The summed E-state index contributed by atoms with van der Waals surface area (Å²) in [4.78, 5) is 23.7. The van der Waals surface area contributed by atoms with Crippen LogP contribution < -0.4 is 10.1 Å². The maximum atomic E-state index is 13.4. The predicted molar refractivity (Wildman–Crippen MR) is 109 cm³/mol. The molecule has 1 aliphatic carbocycles. The SMILES string of the molecule is Cc1oc2ncnc(NC3(C)CC3)c2c1C(=O)N1CCC(Oc2cccc(F)c2)C1. The normalized spacial score (nSPS) is 19.8. The number of hydrogen-bond donors (Lipinski definition) is 1. The van der Waals surface area contributed by atoms with Crippen LogP contribution in [0.4, 0.5) is 10.2 Å². The van der Waals surface area contributed by atoms with E-state index in [0.717, 1.165) is 12.8 Å². The zero-order chi connectivity index (χ0) is 20.9. The molecule has 1 atom stereocenters. The molecule has 0 spiro atoms. The lowest BCUT2D eigenvalue weighted by Gasteiger charge is -2.18. The number of halogens is 1. The number of amides is 1. The van der Waals surface area contributed by atoms with Gasteiger partial charge < -0.3 is 19.4 Å². The second kappa shape index (κ2) is 6.97. The fourth-order valence-corrected chi connectivity index (χ4v) is 3.89. The van der Waals surface area contributed by atoms with Gasteiger partial charge in [0.25, 0.3) is 5.91 Å². The molecular weight excluding hydrogens is 387 g/mol. The standard InChI is InChI=1S/C22H23FN4O3/c1-13-17(18-19(26-22(2)7-8-22)24-12-25-20(18)29-13)21(28)27-9-6-16(11-27)30-15-5-3-4-14(23)10-15/h3-5,10,12,16H,6-9,11H2,1-2H3,(H,24,25,26). The molecule has 1 N–H and O–H groups in total. The molecule has 30 heavy (non-hydrogen) atoms. The number of fused-ring (bicyclic) bond motifs is 1. The van der Waals surface area contributed by atoms with E-state index in [2.05, 4.69) is 22.2 Å². The number of aromatic nitrogens is 2. The summed E-state index contributed by atoms with van der Waals surface area (Å²) in [5.74, 6) is 1.15. The number of carbonyl (C=O) groups is 1. The number of hydrogen-bond acceptors (Lipinski definition) is 6. The van der Waals surface area contributed by atoms with Crippen molar-refractivity contribution in [2.24, 2.45) is 0 Å². The summed E-state index contributed by atoms with van der Waals surface area (Å²) >= 11 is 0. The van der Waals surface area contributed by atoms with E-state index in [-0.39, 0.29) is 23.4 Å². The first kappa shape index (κ1) is 18.8. The first-order chi connectivity index (χ1) is 14.4. The third-order valence-corrected chi connectivity index (χ3v) is 5.83. The first-order valence-electron chi connectivity index (χ1n) is 10.2. The summed E-state index contributed by atoms with van der Waals surface area (Å²) in [5, 5.41) is 4.07. The lowest BCUT2D eigenvalue weighted by molar-refractivity contribution is 0.0772. The number of benzene rings is 1. The van der Waals surface area contributed by atoms with Gasteiger partial charge in [-0.25, -0.2) is 14.4 Å². The lowest BCUT2D eigenvalue weighted by Crippen LogP contribution is -2.31. The maximum Gasteiger partial charge on any atom is 0.258 e. The summed E-state index contributed by atoms with van der Waals surface area (Å²) in [6, 6.07) is 6.05. The smallest absolute Gasteiger partial charge is 0.258 e. The zero-order valence-electron chi connectivity index (χ0n) is 16.9. The minimum atomic E-state index is -0.344. The van der Waals surface area contributed by atoms with Crippen molar-refractivity contribution in [2.45, 2.75) is 44.8 Å². The molecule has 1 aromatic carbocycles. The van der Waals surface area contributed by atoms with Crippen LogP contribution >= 0.6 is 0 Å². The molecule has 1 saturated heterocycles. The Bertz CT molecular complexity index is 1120. The third kappa shape index (κ3) is 3.46. The van der Waals surface area contributed by atoms with E-state index < -0.39 is 0 Å². The van der Waals surface area contributed by atoms with Crippen molar-refractivity contribution in [3.63, 3.8) is 0 Å². The van der Waals surface area contributed by atoms with Gasteiger partial charge in [-0.3, -0.25) is 4.79 Å². The summed E-state index contributed by atoms with van der Waals surface area (Å²) in [5.41, 5.74) is 0.901. The number of anilines is 1. The molecule has 3 heterocycles. The maximum absolute atomic E-state index is 13.4. The van der Waals surface area contributed by atoms with Crippen molar-refractivity contribution in [3.05, 3.63) is 47.7 Å². The molecule has 1 aliphatic heterocycles. The lowest BCUT2D eigenvalue weighted by atomic mass is 10.1. The van der Waals surface area contributed by atoms with E-state index in [9.17, 15) is 9.18 Å². The van der Waals surface area contributed by atoms with Crippen molar-refractivity contribution in [2.75, 3.05) is 18.4 Å². The van der Waals surface area contributed by atoms with Gasteiger partial charge >= 0.3 is 0 Å². The number of carbonyl (C=O) groups excluding carboxylic acids is 1. The van der Waals surface area contributed by atoms with Crippen LogP contribution in [0.15, 0.2) is 35.0 Å². The highest BCUT2D eigenvalue weighted by molar-refractivity contribution is 6.10. The Morgan fingerprint density at radius 2 is 2.20 bits per heavy atom. The van der Waals surface area contributed by atoms with Gasteiger partial charge in [-0.2, -0.15) is 0 Å². The van der Waals surface area contributed by atoms with Crippen LogP contribution in [0.2, 0.25) is 0 Å². The molecule has 156 valence electrons. The highest BCUT2D eigenvalue weighted by Crippen LogP contribution is 2.40. The Morgan fingerprint density at radius 3 is 2.97 bits per heavy atom. The first-order valence-corrected chi connectivity index (χ1v) is 10.2. The molecule has 1 unspecified atom stereocenters. The number of likely N-dealkylation sites (tertiary alicyclic amines) is 1. The van der Waals surface area contributed by atoms with Gasteiger partial charge in [0.2, 0.25) is 5.71 Å². The molecular formula is C22H23FN4O3. The van der Waals surface area contributed by atoms with Crippen molar-refractivity contribution >= 4 is 22.8 Å². The second-order valence-corrected chi connectivity index (χ2v) is 8.36. The summed E-state index contributed by atoms with van der Waals surface area (Å²) < 4.78 is 25.1. The van der Waals surface area contributed by atoms with Crippen LogP contribution in [0.25, 0.3) is 11.1 Å². The zero-order valence-corrected chi connectivity index (χ0v) is 16.9. The number of nitrogens with zero attached hydrogens (tertiary/aromatic N) is 3. The minimum absolute atomic E-state index is 0.00428. The molecule has 3 aromatic rings. The fraction of sp³-hybridized carbons (Fsp3) is 0.409. The quantitative estimate of drug-likeness (QED) is 0.687. The number of nitrogens with one attached hydrogen (secondary N) is 1. The molecule has 7 nitrogen and oxygen atoms in total. The van der Waals surface area contributed by atoms with E-state index in [1.54, 1.807) is 24.0 Å². The van der Waals surface area contributed by atoms with Crippen molar-refractivity contribution in [1.29, 1.82) is 0 Å². The van der Waals surface area contributed by atoms with Crippen LogP contribution in [0, 0.1) is 12.7 Å². The van der Waals surface area contributed by atoms with Gasteiger partial charge in [-0.15, -0.1) is 0 Å². The molecule has 1 saturated carbocycles. The molecule has 5 rings (SSSR count). The van der Waals surface area contributed by atoms with E-state index in [1.165, 1.54) is 18.5 Å². The molecule has 2 aromatic heterocycles. The number of furan rings is 1. The van der Waals surface area contributed by atoms with Gasteiger partial charge in [0.15, 0.2) is 0 Å². The summed E-state index contributed by atoms with van der Waals surface area (Å²) in [6.45, 7) is 4.88. The number of rotatable bonds is 5. The van der Waals surface area contributed by atoms with Crippen molar-refractivity contribution < 1.29 is 18.3 Å². The molecule has 1 amide bonds. The van der Waals surface area contributed by atoms with E-state index in [0.29, 0.717) is 53.5 Å². The number of ether oxygens (including phenoxy) is 1. The Morgan fingerprint density at radius 1 is 1.37 bits per heavy atom. The summed E-state index contributed by atoms with van der Waals surface area (Å²) in [6.07, 6.45) is 4.06. The predicted octanol–water partition coefficient (Wildman–Crippen LogP) is 3.93. The third-order valence-electron chi connectivity index (χ3n) is 5.83. The Balaban J connectivity index is 1.39. The molecule has 2 aliphatic rings. The molecule has 2 fully saturated rings. The molecule has 0 bridgehead atoms. The summed E-state index contributed by atoms with van der Waals surface area (Å²) in [7, 11) is 0. The largest absolute Gasteiger partial charge is 0.488 e. The van der Waals surface area contributed by atoms with Gasteiger partial charge in [-0.1, -0.05) is 6.07 Å². The average molecular weight is 410 g/mol. The second-order valence-electron chi connectivity index (χ2n) is 8.36. The van der Waals surface area contributed by atoms with Gasteiger partial charge in [0.1, 0.15) is 35.6 Å². The van der Waals surface area contributed by atoms with Crippen LogP contribution in [-0.2, 0) is 0 Å². The molecule has 0 radical (unpaired) electrons. The van der Waals surface area contributed by atoms with E-state index in [1.807, 2.05) is 0 Å². The minimum Gasteiger partial charge on any atom is -0.488 e. The molecule has 8 heteroatoms. The Labute approximate surface area is 173 Å². The van der Waals surface area contributed by atoms with Gasteiger partial charge in [-0.05, 0) is 38.8 Å². The highest BCUT2D eigenvalue weighted by atomic mass is 19.1. The van der Waals surface area contributed by atoms with Gasteiger partial charge in [0.05, 0.1) is 17.5 Å². The van der Waals surface area contributed by atoms with Crippen molar-refractivity contribution in [1.82, 2.24) is 14.9 Å². The van der Waals surface area contributed by atoms with Crippen LogP contribution in [-0.4, -0.2) is 45.5 Å². The monoisotopic (exact) mass is 410 g/mol. The van der Waals surface area contributed by atoms with Gasteiger partial charge in [0, 0.05) is 24.6 Å². The van der Waals surface area contributed by atoms with Crippen molar-refractivity contribution in [3.8, 4) is 5.75 Å².